The Morgan fingerprint density at radius 2 is 1.81 bits per heavy atom. The highest BCUT2D eigenvalue weighted by atomic mass is 16.3. The number of rotatable bonds is 5. The fourth-order valence-electron chi connectivity index (χ4n) is 2.05. The van der Waals surface area contributed by atoms with Crippen LogP contribution in [0.1, 0.15) is 56.7 Å². The molecule has 0 saturated heterocycles. The quantitative estimate of drug-likeness (QED) is 0.833. The normalized spacial score (nSPS) is 13.1. The third-order valence-electron chi connectivity index (χ3n) is 3.17. The summed E-state index contributed by atoms with van der Waals surface area (Å²) in [5.41, 5.74) is 2.76. The van der Waals surface area contributed by atoms with Crippen molar-refractivity contribution in [1.29, 1.82) is 0 Å². The molecule has 3 nitrogen and oxygen atoms in total. The van der Waals surface area contributed by atoms with Gasteiger partial charge in [0.05, 0.1) is 17.5 Å². The summed E-state index contributed by atoms with van der Waals surface area (Å²) >= 11 is 0. The van der Waals surface area contributed by atoms with E-state index in [1.165, 1.54) is 0 Å². The number of aryl methyl sites for hydroxylation is 2. The molecule has 3 heteroatoms. The van der Waals surface area contributed by atoms with Crippen molar-refractivity contribution in [1.82, 2.24) is 10.2 Å². The summed E-state index contributed by atoms with van der Waals surface area (Å²) in [6, 6.07) is 1.97. The van der Waals surface area contributed by atoms with Gasteiger partial charge in [0.25, 0.3) is 0 Å². The zero-order valence-corrected chi connectivity index (χ0v) is 10.7. The number of aliphatic hydroxyl groups excluding tert-OH is 1. The number of aromatic nitrogens is 2. The first-order chi connectivity index (χ1) is 7.63. The van der Waals surface area contributed by atoms with Crippen molar-refractivity contribution < 1.29 is 5.11 Å². The second-order valence-corrected chi connectivity index (χ2v) is 4.26. The average molecular weight is 222 g/mol. The fourth-order valence-corrected chi connectivity index (χ4v) is 2.05. The van der Waals surface area contributed by atoms with E-state index in [1.54, 1.807) is 0 Å². The van der Waals surface area contributed by atoms with Gasteiger partial charge >= 0.3 is 0 Å². The Kier molecular flexibility index (Phi) is 4.87. The molecule has 0 bridgehead atoms. The summed E-state index contributed by atoms with van der Waals surface area (Å²) in [7, 11) is 0. The third-order valence-corrected chi connectivity index (χ3v) is 3.17. The molecule has 0 aliphatic carbocycles. The second kappa shape index (κ2) is 5.94. The summed E-state index contributed by atoms with van der Waals surface area (Å²) < 4.78 is 0. The smallest absolute Gasteiger partial charge is 0.0836 e. The van der Waals surface area contributed by atoms with Gasteiger partial charge in [0, 0.05) is 5.56 Å². The lowest BCUT2D eigenvalue weighted by molar-refractivity contribution is 0.102. The molecule has 1 N–H and O–H groups in total. The van der Waals surface area contributed by atoms with Crippen molar-refractivity contribution in [2.45, 2.75) is 53.1 Å². The maximum absolute atomic E-state index is 10.3. The van der Waals surface area contributed by atoms with Gasteiger partial charge in [-0.2, -0.15) is 10.2 Å². The van der Waals surface area contributed by atoms with E-state index in [4.69, 9.17) is 0 Å². The molecule has 0 spiro atoms. The second-order valence-electron chi connectivity index (χ2n) is 4.26. The molecule has 1 aromatic heterocycles. The van der Waals surface area contributed by atoms with Crippen LogP contribution in [0.25, 0.3) is 0 Å². The molecule has 16 heavy (non-hydrogen) atoms. The molecule has 0 saturated carbocycles. The maximum Gasteiger partial charge on any atom is 0.0836 e. The molecule has 90 valence electrons. The lowest BCUT2D eigenvalue weighted by atomic mass is 9.90. The third kappa shape index (κ3) is 2.79. The molecular formula is C13H22N2O. The van der Waals surface area contributed by atoms with Crippen LogP contribution in [0, 0.1) is 12.8 Å². The van der Waals surface area contributed by atoms with Crippen molar-refractivity contribution in [2.75, 3.05) is 0 Å². The van der Waals surface area contributed by atoms with Crippen LogP contribution in [0.4, 0.5) is 0 Å². The van der Waals surface area contributed by atoms with Crippen LogP contribution in [0.3, 0.4) is 0 Å². The molecule has 1 aromatic rings. The Morgan fingerprint density at radius 1 is 1.19 bits per heavy atom. The molecule has 1 atom stereocenters. The predicted octanol–water partition coefficient (Wildman–Crippen LogP) is 2.82. The van der Waals surface area contributed by atoms with Crippen LogP contribution in [0.5, 0.6) is 0 Å². The van der Waals surface area contributed by atoms with Gasteiger partial charge < -0.3 is 5.11 Å². The minimum Gasteiger partial charge on any atom is -0.388 e. The molecule has 0 aliphatic heterocycles. The first kappa shape index (κ1) is 13.1. The highest BCUT2D eigenvalue weighted by molar-refractivity contribution is 5.24. The highest BCUT2D eigenvalue weighted by Gasteiger charge is 2.21. The minimum absolute atomic E-state index is 0.314. The topological polar surface area (TPSA) is 46.0 Å². The van der Waals surface area contributed by atoms with Gasteiger partial charge in [-0.15, -0.1) is 0 Å². The van der Waals surface area contributed by atoms with Gasteiger partial charge in [0.2, 0.25) is 0 Å². The maximum atomic E-state index is 10.3. The van der Waals surface area contributed by atoms with Crippen LogP contribution in [-0.2, 0) is 6.42 Å². The largest absolute Gasteiger partial charge is 0.388 e. The lowest BCUT2D eigenvalue weighted by Crippen LogP contribution is -2.14. The molecule has 0 radical (unpaired) electrons. The summed E-state index contributed by atoms with van der Waals surface area (Å²) in [5.74, 6) is 0.314. The van der Waals surface area contributed by atoms with Crippen molar-refractivity contribution in [3.63, 3.8) is 0 Å². The van der Waals surface area contributed by atoms with Crippen molar-refractivity contribution in [3.8, 4) is 0 Å². The van der Waals surface area contributed by atoms with E-state index in [-0.39, 0.29) is 0 Å². The summed E-state index contributed by atoms with van der Waals surface area (Å²) in [4.78, 5) is 0. The molecular weight excluding hydrogens is 200 g/mol. The van der Waals surface area contributed by atoms with E-state index in [9.17, 15) is 5.11 Å². The molecule has 1 unspecified atom stereocenters. The highest BCUT2D eigenvalue weighted by Crippen LogP contribution is 2.29. The van der Waals surface area contributed by atoms with E-state index in [2.05, 4.69) is 24.0 Å². The summed E-state index contributed by atoms with van der Waals surface area (Å²) in [6.45, 7) is 8.19. The first-order valence-electron chi connectivity index (χ1n) is 6.15. The Bertz CT molecular complexity index is 335. The van der Waals surface area contributed by atoms with E-state index >= 15 is 0 Å². The van der Waals surface area contributed by atoms with E-state index in [1.807, 2.05) is 19.9 Å². The number of hydrogen-bond acceptors (Lipinski definition) is 3. The first-order valence-corrected chi connectivity index (χ1v) is 6.15. The van der Waals surface area contributed by atoms with E-state index in [0.29, 0.717) is 5.92 Å². The molecule has 1 heterocycles. The monoisotopic (exact) mass is 222 g/mol. The molecule has 1 rings (SSSR count). The van der Waals surface area contributed by atoms with Crippen LogP contribution >= 0.6 is 0 Å². The Hall–Kier alpha value is -0.960. The average Bonchev–Trinajstić information content (AvgIpc) is 2.30. The van der Waals surface area contributed by atoms with Gasteiger partial charge in [-0.1, -0.05) is 33.6 Å². The van der Waals surface area contributed by atoms with Crippen molar-refractivity contribution in [3.05, 3.63) is 23.0 Å². The van der Waals surface area contributed by atoms with Crippen LogP contribution in [0.15, 0.2) is 6.07 Å². The predicted molar refractivity (Wildman–Crippen MR) is 65.2 cm³/mol. The zero-order chi connectivity index (χ0) is 12.1. The van der Waals surface area contributed by atoms with Crippen molar-refractivity contribution in [2.24, 2.45) is 5.92 Å². The van der Waals surface area contributed by atoms with Crippen LogP contribution in [0.2, 0.25) is 0 Å². The standard InChI is InChI=1S/C13H22N2O/c1-5-10(6-2)13(16)11-8-9(4)14-15-12(11)7-3/h8,10,13,16H,5-7H2,1-4H3. The van der Waals surface area contributed by atoms with Crippen LogP contribution in [-0.4, -0.2) is 15.3 Å². The van der Waals surface area contributed by atoms with Crippen molar-refractivity contribution >= 4 is 0 Å². The minimum atomic E-state index is -0.404. The number of aliphatic hydroxyl groups is 1. The lowest BCUT2D eigenvalue weighted by Gasteiger charge is -2.22. The van der Waals surface area contributed by atoms with Gasteiger partial charge in [0.1, 0.15) is 0 Å². The van der Waals surface area contributed by atoms with E-state index in [0.717, 1.165) is 36.2 Å². The summed E-state index contributed by atoms with van der Waals surface area (Å²) in [6.07, 6.45) is 2.39. The SMILES string of the molecule is CCc1nnc(C)cc1C(O)C(CC)CC. The molecule has 0 aromatic carbocycles. The van der Waals surface area contributed by atoms with Gasteiger partial charge in [-0.25, -0.2) is 0 Å². The molecule has 0 fully saturated rings. The summed E-state index contributed by atoms with van der Waals surface area (Å²) in [5, 5.41) is 18.6. The van der Waals surface area contributed by atoms with Crippen LogP contribution < -0.4 is 0 Å². The Balaban J connectivity index is 3.04. The molecule has 0 amide bonds. The number of nitrogens with zero attached hydrogens (tertiary/aromatic N) is 2. The Morgan fingerprint density at radius 3 is 2.31 bits per heavy atom. The zero-order valence-electron chi connectivity index (χ0n) is 10.7. The van der Waals surface area contributed by atoms with Gasteiger partial charge in [-0.3, -0.25) is 0 Å². The van der Waals surface area contributed by atoms with Gasteiger partial charge in [-0.05, 0) is 25.3 Å². The molecule has 0 aliphatic rings. The van der Waals surface area contributed by atoms with Gasteiger partial charge in [0.15, 0.2) is 0 Å². The van der Waals surface area contributed by atoms with E-state index < -0.39 is 6.10 Å². The number of hydrogen-bond donors (Lipinski definition) is 1. The fraction of sp³-hybridized carbons (Fsp3) is 0.692. The Labute approximate surface area is 97.9 Å².